The number of hydrogen-bond donors (Lipinski definition) is 0. The van der Waals surface area contributed by atoms with Gasteiger partial charge in [-0.3, -0.25) is 34.9 Å². The maximum atomic E-state index is 13.5. The molecule has 0 spiro atoms. The second kappa shape index (κ2) is 8.71. The summed E-state index contributed by atoms with van der Waals surface area (Å²) in [6.45, 7) is 3.94. The fourth-order valence-corrected chi connectivity index (χ4v) is 4.46. The number of carbonyl (C=O) groups excluding carboxylic acids is 1. The van der Waals surface area contributed by atoms with Gasteiger partial charge in [0.05, 0.1) is 43.9 Å². The smallest absolute Gasteiger partial charge is 0.277 e. The maximum Gasteiger partial charge on any atom is 0.277 e. The van der Waals surface area contributed by atoms with E-state index in [2.05, 4.69) is 9.97 Å². The number of thiazole rings is 1. The third-order valence-corrected chi connectivity index (χ3v) is 6.13. The first-order valence-electron chi connectivity index (χ1n) is 9.76. The highest BCUT2D eigenvalue weighted by Gasteiger charge is 2.27. The van der Waals surface area contributed by atoms with Crippen molar-refractivity contribution in [2.75, 3.05) is 4.90 Å². The molecule has 0 unspecified atom stereocenters. The van der Waals surface area contributed by atoms with Crippen molar-refractivity contribution in [1.29, 1.82) is 0 Å². The number of hydrogen-bond acceptors (Lipinski definition) is 8. The number of carbonyl (C=O) groups is 1. The van der Waals surface area contributed by atoms with Crippen LogP contribution in [0.25, 0.3) is 10.2 Å². The van der Waals surface area contributed by atoms with E-state index < -0.39 is 27.1 Å². The van der Waals surface area contributed by atoms with Gasteiger partial charge in [-0.2, -0.15) is 0 Å². The zero-order valence-corrected chi connectivity index (χ0v) is 18.4. The van der Waals surface area contributed by atoms with E-state index in [0.717, 1.165) is 39.5 Å². The molecule has 10 nitrogen and oxygen atoms in total. The van der Waals surface area contributed by atoms with Crippen molar-refractivity contribution < 1.29 is 14.6 Å². The lowest BCUT2D eigenvalue weighted by molar-refractivity contribution is -0.394. The van der Waals surface area contributed by atoms with E-state index in [4.69, 9.17) is 0 Å². The van der Waals surface area contributed by atoms with E-state index in [9.17, 15) is 25.0 Å². The topological polar surface area (TPSA) is 132 Å². The second-order valence-corrected chi connectivity index (χ2v) is 8.37. The molecule has 0 bridgehead atoms. The number of amides is 1. The fraction of sp³-hybridized carbons (Fsp3) is 0.136. The van der Waals surface area contributed by atoms with Crippen LogP contribution in [0.4, 0.5) is 16.5 Å². The Hall–Kier alpha value is -4.25. The van der Waals surface area contributed by atoms with Crippen molar-refractivity contribution in [2.24, 2.45) is 0 Å². The Kier molecular flexibility index (Phi) is 5.80. The number of pyridine rings is 1. The van der Waals surface area contributed by atoms with E-state index in [0.29, 0.717) is 10.8 Å². The second-order valence-electron chi connectivity index (χ2n) is 7.39. The molecule has 0 fully saturated rings. The molecule has 33 heavy (non-hydrogen) atoms. The Morgan fingerprint density at radius 1 is 1.03 bits per heavy atom. The van der Waals surface area contributed by atoms with Crippen molar-refractivity contribution in [3.05, 3.63) is 97.3 Å². The summed E-state index contributed by atoms with van der Waals surface area (Å²) in [5.74, 6) is -0.652. The predicted molar refractivity (Wildman–Crippen MR) is 124 cm³/mol. The number of fused-ring (bicyclic) bond motifs is 1. The molecule has 2 aromatic heterocycles. The molecule has 0 atom stereocenters. The SMILES string of the molecule is Cc1cc(C)c2sc(N(Cc3ccccn3)C(=O)c3cc([N+](=O)[O-])cc([N+](=O)[O-])c3)nc2c1. The molecular formula is C22H17N5O5S. The van der Waals surface area contributed by atoms with Crippen molar-refractivity contribution in [2.45, 2.75) is 20.4 Å². The minimum atomic E-state index is -0.767. The molecule has 11 heteroatoms. The molecule has 0 aliphatic heterocycles. The van der Waals surface area contributed by atoms with E-state index in [-0.39, 0.29) is 12.1 Å². The van der Waals surface area contributed by atoms with Crippen LogP contribution in [0.3, 0.4) is 0 Å². The molecule has 166 valence electrons. The van der Waals surface area contributed by atoms with Crippen LogP contribution in [0.1, 0.15) is 27.2 Å². The normalized spacial score (nSPS) is 10.8. The van der Waals surface area contributed by atoms with Crippen molar-refractivity contribution >= 4 is 44.0 Å². The number of nitro benzene ring substituents is 2. The molecular weight excluding hydrogens is 446 g/mol. The minimum Gasteiger partial charge on any atom is -0.278 e. The van der Waals surface area contributed by atoms with E-state index >= 15 is 0 Å². The number of non-ortho nitro benzene ring substituents is 2. The monoisotopic (exact) mass is 463 g/mol. The summed E-state index contributed by atoms with van der Waals surface area (Å²) in [6, 6.07) is 12.1. The molecule has 0 aliphatic rings. The molecule has 0 radical (unpaired) electrons. The summed E-state index contributed by atoms with van der Waals surface area (Å²) in [5.41, 5.74) is 2.05. The van der Waals surface area contributed by atoms with E-state index in [1.54, 1.807) is 24.4 Å². The van der Waals surface area contributed by atoms with Crippen LogP contribution < -0.4 is 4.90 Å². The van der Waals surface area contributed by atoms with Gasteiger partial charge in [0.25, 0.3) is 17.3 Å². The average Bonchev–Trinajstić information content (AvgIpc) is 3.21. The maximum absolute atomic E-state index is 13.5. The third-order valence-electron chi connectivity index (χ3n) is 4.90. The Labute approximate surface area is 191 Å². The van der Waals surface area contributed by atoms with Crippen molar-refractivity contribution in [1.82, 2.24) is 9.97 Å². The lowest BCUT2D eigenvalue weighted by Crippen LogP contribution is -2.30. The van der Waals surface area contributed by atoms with E-state index in [1.807, 2.05) is 26.0 Å². The number of rotatable bonds is 6. The minimum absolute atomic E-state index is 0.0357. The van der Waals surface area contributed by atoms with Gasteiger partial charge in [-0.15, -0.1) is 0 Å². The first-order chi connectivity index (χ1) is 15.7. The summed E-state index contributed by atoms with van der Waals surface area (Å²) in [6.07, 6.45) is 1.59. The van der Waals surface area contributed by atoms with Crippen LogP contribution in [-0.2, 0) is 6.54 Å². The molecule has 0 saturated carbocycles. The predicted octanol–water partition coefficient (Wildman–Crippen LogP) is 4.97. The fourth-order valence-electron chi connectivity index (χ4n) is 3.45. The summed E-state index contributed by atoms with van der Waals surface area (Å²) in [7, 11) is 0. The molecule has 0 aliphatic carbocycles. The van der Waals surface area contributed by atoms with Crippen LogP contribution in [0.2, 0.25) is 0 Å². The van der Waals surface area contributed by atoms with Crippen molar-refractivity contribution in [3.63, 3.8) is 0 Å². The Bertz CT molecular complexity index is 1370. The highest BCUT2D eigenvalue weighted by atomic mass is 32.1. The molecule has 0 saturated heterocycles. The summed E-state index contributed by atoms with van der Waals surface area (Å²) < 4.78 is 0.902. The number of aromatic nitrogens is 2. The Morgan fingerprint density at radius 2 is 1.73 bits per heavy atom. The van der Waals surface area contributed by atoms with Crippen molar-refractivity contribution in [3.8, 4) is 0 Å². The lowest BCUT2D eigenvalue weighted by atomic mass is 10.1. The zero-order chi connectivity index (χ0) is 23.7. The number of aryl methyl sites for hydroxylation is 2. The third kappa shape index (κ3) is 4.53. The molecule has 4 rings (SSSR count). The molecule has 2 heterocycles. The molecule has 0 N–H and O–H groups in total. The van der Waals surface area contributed by atoms with E-state index in [1.165, 1.54) is 16.2 Å². The summed E-state index contributed by atoms with van der Waals surface area (Å²) >= 11 is 1.30. The van der Waals surface area contributed by atoms with Crippen LogP contribution in [0, 0.1) is 34.1 Å². The highest BCUT2D eigenvalue weighted by molar-refractivity contribution is 7.22. The Morgan fingerprint density at radius 3 is 2.33 bits per heavy atom. The average molecular weight is 463 g/mol. The molecule has 2 aromatic carbocycles. The van der Waals surface area contributed by atoms with Gasteiger partial charge in [0.2, 0.25) is 0 Å². The van der Waals surface area contributed by atoms with Crippen LogP contribution in [-0.4, -0.2) is 25.7 Å². The zero-order valence-electron chi connectivity index (χ0n) is 17.6. The van der Waals surface area contributed by atoms with Gasteiger partial charge >= 0.3 is 0 Å². The van der Waals surface area contributed by atoms with Gasteiger partial charge in [0, 0.05) is 18.3 Å². The van der Waals surface area contributed by atoms with Gasteiger partial charge in [-0.25, -0.2) is 4.98 Å². The van der Waals surface area contributed by atoms with Crippen LogP contribution in [0.15, 0.2) is 54.7 Å². The molecule has 1 amide bonds. The Balaban J connectivity index is 1.85. The first kappa shape index (κ1) is 22.0. The van der Waals surface area contributed by atoms with Crippen LogP contribution >= 0.6 is 11.3 Å². The van der Waals surface area contributed by atoms with Gasteiger partial charge in [0.15, 0.2) is 5.13 Å². The van der Waals surface area contributed by atoms with Crippen LogP contribution in [0.5, 0.6) is 0 Å². The summed E-state index contributed by atoms with van der Waals surface area (Å²) in [5, 5.41) is 23.0. The number of anilines is 1. The lowest BCUT2D eigenvalue weighted by Gasteiger charge is -2.19. The largest absolute Gasteiger partial charge is 0.278 e. The highest BCUT2D eigenvalue weighted by Crippen LogP contribution is 2.34. The number of benzene rings is 2. The van der Waals surface area contributed by atoms with Gasteiger partial charge in [-0.05, 0) is 43.2 Å². The standard InChI is InChI=1S/C22H17N5O5S/c1-13-7-14(2)20-19(8-13)24-22(33-20)25(12-16-5-3-4-6-23-16)21(28)15-9-17(26(29)30)11-18(10-15)27(31)32/h3-11H,12H2,1-2H3. The van der Waals surface area contributed by atoms with Gasteiger partial charge < -0.3 is 0 Å². The number of nitrogens with zero attached hydrogens (tertiary/aromatic N) is 5. The first-order valence-corrected chi connectivity index (χ1v) is 10.6. The molecule has 4 aromatic rings. The quantitative estimate of drug-likeness (QED) is 0.291. The van der Waals surface area contributed by atoms with Gasteiger partial charge in [0.1, 0.15) is 0 Å². The number of nitro groups is 2. The summed E-state index contributed by atoms with van der Waals surface area (Å²) in [4.78, 5) is 44.8. The van der Waals surface area contributed by atoms with Gasteiger partial charge in [-0.1, -0.05) is 23.5 Å².